The summed E-state index contributed by atoms with van der Waals surface area (Å²) >= 11 is 0. The number of hydrogen-bond acceptors (Lipinski definition) is 3. The summed E-state index contributed by atoms with van der Waals surface area (Å²) in [5, 5.41) is 2.94. The Morgan fingerprint density at radius 2 is 2.24 bits per heavy atom. The van der Waals surface area contributed by atoms with Crippen LogP contribution in [-0.4, -0.2) is 30.9 Å². The Labute approximate surface area is 127 Å². The zero-order valence-electron chi connectivity index (χ0n) is 13.0. The molecule has 1 fully saturated rings. The van der Waals surface area contributed by atoms with E-state index in [4.69, 9.17) is 5.73 Å². The smallest absolute Gasteiger partial charge is 0.224 e. The predicted molar refractivity (Wildman–Crippen MR) is 87.0 cm³/mol. The summed E-state index contributed by atoms with van der Waals surface area (Å²) in [5.74, 6) is 0.976. The van der Waals surface area contributed by atoms with Crippen LogP contribution in [0.4, 0.5) is 5.69 Å². The van der Waals surface area contributed by atoms with E-state index in [9.17, 15) is 4.79 Å². The van der Waals surface area contributed by atoms with Crippen LogP contribution < -0.4 is 11.1 Å². The van der Waals surface area contributed by atoms with Crippen molar-refractivity contribution in [3.63, 3.8) is 0 Å². The van der Waals surface area contributed by atoms with Crippen LogP contribution >= 0.6 is 0 Å². The third-order valence-electron chi connectivity index (χ3n) is 4.18. The molecule has 0 bridgehead atoms. The summed E-state index contributed by atoms with van der Waals surface area (Å²) in [6.45, 7) is 2.67. The Morgan fingerprint density at radius 1 is 1.43 bits per heavy atom. The molecule has 1 aromatic carbocycles. The summed E-state index contributed by atoms with van der Waals surface area (Å²) < 4.78 is 0. The fourth-order valence-electron chi connectivity index (χ4n) is 2.72. The molecular formula is C17H27N3O. The molecular weight excluding hydrogens is 262 g/mol. The predicted octanol–water partition coefficient (Wildman–Crippen LogP) is 2.60. The first-order chi connectivity index (χ1) is 10.2. The fraction of sp³-hybridized carbons (Fsp3) is 0.588. The molecule has 116 valence electrons. The van der Waals surface area contributed by atoms with E-state index in [0.717, 1.165) is 30.1 Å². The van der Waals surface area contributed by atoms with Crippen molar-refractivity contribution in [3.8, 4) is 0 Å². The lowest BCUT2D eigenvalue weighted by Crippen LogP contribution is -2.30. The minimum atomic E-state index is 0.0845. The zero-order chi connectivity index (χ0) is 15.1. The van der Waals surface area contributed by atoms with Gasteiger partial charge in [-0.05, 0) is 56.5 Å². The molecule has 0 atom stereocenters. The van der Waals surface area contributed by atoms with Gasteiger partial charge in [0.2, 0.25) is 5.91 Å². The first kappa shape index (κ1) is 16.0. The van der Waals surface area contributed by atoms with Crippen molar-refractivity contribution in [2.45, 2.75) is 38.6 Å². The molecule has 4 nitrogen and oxygen atoms in total. The second-order valence-corrected chi connectivity index (χ2v) is 6.12. The summed E-state index contributed by atoms with van der Waals surface area (Å²) in [6, 6.07) is 7.72. The van der Waals surface area contributed by atoms with E-state index in [2.05, 4.69) is 17.3 Å². The van der Waals surface area contributed by atoms with Gasteiger partial charge >= 0.3 is 0 Å². The van der Waals surface area contributed by atoms with Crippen molar-refractivity contribution in [2.75, 3.05) is 25.5 Å². The van der Waals surface area contributed by atoms with Crippen LogP contribution in [0.1, 0.15) is 37.7 Å². The Kier molecular flexibility index (Phi) is 6.21. The number of nitrogens with two attached hydrogens (primary N) is 1. The maximum Gasteiger partial charge on any atom is 0.224 e. The number of nitrogens with one attached hydrogen (secondary N) is 1. The van der Waals surface area contributed by atoms with Crippen molar-refractivity contribution in [1.82, 2.24) is 4.90 Å². The van der Waals surface area contributed by atoms with Gasteiger partial charge in [0.1, 0.15) is 0 Å². The average molecular weight is 289 g/mol. The molecule has 21 heavy (non-hydrogen) atoms. The number of nitrogens with zero attached hydrogens (tertiary/aromatic N) is 1. The number of benzene rings is 1. The molecule has 4 heteroatoms. The topological polar surface area (TPSA) is 58.4 Å². The van der Waals surface area contributed by atoms with Crippen molar-refractivity contribution in [3.05, 3.63) is 29.8 Å². The monoisotopic (exact) mass is 289 g/mol. The maximum absolute atomic E-state index is 11.9. The standard InChI is InChI=1S/C17H27N3O/c1-20(13-14-5-2-6-14)10-4-9-17(21)19-16-8-3-7-15(11-16)12-18/h3,7-8,11,14H,2,4-6,9-10,12-13,18H2,1H3,(H,19,21). The normalized spacial score (nSPS) is 15.0. The Bertz CT molecular complexity index is 457. The molecule has 1 saturated carbocycles. The highest BCUT2D eigenvalue weighted by Crippen LogP contribution is 2.26. The number of carbonyl (C=O) groups excluding carboxylic acids is 1. The summed E-state index contributed by atoms with van der Waals surface area (Å²) in [6.07, 6.45) is 5.63. The molecule has 1 aromatic rings. The van der Waals surface area contributed by atoms with Crippen molar-refractivity contribution >= 4 is 11.6 Å². The lowest BCUT2D eigenvalue weighted by atomic mass is 9.85. The number of amides is 1. The lowest BCUT2D eigenvalue weighted by molar-refractivity contribution is -0.116. The van der Waals surface area contributed by atoms with Crippen molar-refractivity contribution in [1.29, 1.82) is 0 Å². The van der Waals surface area contributed by atoms with Gasteiger partial charge in [-0.25, -0.2) is 0 Å². The quantitative estimate of drug-likeness (QED) is 0.773. The van der Waals surface area contributed by atoms with Crippen LogP contribution in [0.15, 0.2) is 24.3 Å². The molecule has 0 saturated heterocycles. The molecule has 1 aliphatic rings. The number of anilines is 1. The van der Waals surface area contributed by atoms with Crippen LogP contribution in [0.5, 0.6) is 0 Å². The fourth-order valence-corrected chi connectivity index (χ4v) is 2.72. The highest BCUT2D eigenvalue weighted by molar-refractivity contribution is 5.90. The van der Waals surface area contributed by atoms with Crippen LogP contribution in [0.2, 0.25) is 0 Å². The van der Waals surface area contributed by atoms with Gasteiger partial charge in [0.05, 0.1) is 0 Å². The zero-order valence-corrected chi connectivity index (χ0v) is 13.0. The molecule has 0 aromatic heterocycles. The second-order valence-electron chi connectivity index (χ2n) is 6.12. The third kappa shape index (κ3) is 5.48. The molecule has 2 rings (SSSR count). The van der Waals surface area contributed by atoms with Gasteiger partial charge in [0, 0.05) is 25.2 Å². The van der Waals surface area contributed by atoms with Crippen LogP contribution in [-0.2, 0) is 11.3 Å². The highest BCUT2D eigenvalue weighted by Gasteiger charge is 2.18. The first-order valence-corrected chi connectivity index (χ1v) is 7.95. The Hall–Kier alpha value is -1.39. The molecule has 0 aliphatic heterocycles. The number of rotatable bonds is 8. The molecule has 3 N–H and O–H groups in total. The first-order valence-electron chi connectivity index (χ1n) is 7.95. The van der Waals surface area contributed by atoms with E-state index >= 15 is 0 Å². The molecule has 0 radical (unpaired) electrons. The van der Waals surface area contributed by atoms with Crippen LogP contribution in [0, 0.1) is 5.92 Å². The Balaban J connectivity index is 1.64. The highest BCUT2D eigenvalue weighted by atomic mass is 16.1. The van der Waals surface area contributed by atoms with Gasteiger partial charge < -0.3 is 16.0 Å². The summed E-state index contributed by atoms with van der Waals surface area (Å²) in [4.78, 5) is 14.3. The van der Waals surface area contributed by atoms with Crippen LogP contribution in [0.25, 0.3) is 0 Å². The number of carbonyl (C=O) groups is 1. The second kappa shape index (κ2) is 8.15. The van der Waals surface area contributed by atoms with Gasteiger partial charge in [-0.1, -0.05) is 18.6 Å². The molecule has 0 spiro atoms. The van der Waals surface area contributed by atoms with E-state index < -0.39 is 0 Å². The van der Waals surface area contributed by atoms with E-state index in [1.807, 2.05) is 24.3 Å². The molecule has 1 aliphatic carbocycles. The summed E-state index contributed by atoms with van der Waals surface area (Å²) in [7, 11) is 2.15. The van der Waals surface area contributed by atoms with E-state index in [1.54, 1.807) is 0 Å². The number of hydrogen-bond donors (Lipinski definition) is 2. The van der Waals surface area contributed by atoms with Crippen LogP contribution in [0.3, 0.4) is 0 Å². The largest absolute Gasteiger partial charge is 0.326 e. The van der Waals surface area contributed by atoms with Gasteiger partial charge in [-0.3, -0.25) is 4.79 Å². The molecule has 0 unspecified atom stereocenters. The van der Waals surface area contributed by atoms with Crippen molar-refractivity contribution in [2.24, 2.45) is 11.7 Å². The van der Waals surface area contributed by atoms with E-state index in [1.165, 1.54) is 25.8 Å². The van der Waals surface area contributed by atoms with Gasteiger partial charge in [-0.15, -0.1) is 0 Å². The van der Waals surface area contributed by atoms with E-state index in [-0.39, 0.29) is 5.91 Å². The van der Waals surface area contributed by atoms with Gasteiger partial charge in [-0.2, -0.15) is 0 Å². The van der Waals surface area contributed by atoms with E-state index in [0.29, 0.717) is 13.0 Å². The van der Waals surface area contributed by atoms with Crippen molar-refractivity contribution < 1.29 is 4.79 Å². The lowest BCUT2D eigenvalue weighted by Gasteiger charge is -2.30. The summed E-state index contributed by atoms with van der Waals surface area (Å²) in [5.41, 5.74) is 7.47. The maximum atomic E-state index is 11.9. The van der Waals surface area contributed by atoms with Gasteiger partial charge in [0.15, 0.2) is 0 Å². The average Bonchev–Trinajstić information content (AvgIpc) is 2.43. The Morgan fingerprint density at radius 3 is 2.90 bits per heavy atom. The minimum Gasteiger partial charge on any atom is -0.326 e. The molecule has 0 heterocycles. The van der Waals surface area contributed by atoms with Gasteiger partial charge in [0.25, 0.3) is 0 Å². The molecule has 1 amide bonds. The third-order valence-corrected chi connectivity index (χ3v) is 4.18. The SMILES string of the molecule is CN(CCCC(=O)Nc1cccc(CN)c1)CC1CCC1. The minimum absolute atomic E-state index is 0.0845.